The van der Waals surface area contributed by atoms with Gasteiger partial charge in [-0.25, -0.2) is 9.13 Å². The summed E-state index contributed by atoms with van der Waals surface area (Å²) in [6.45, 7) is 1.18. The Morgan fingerprint density at radius 3 is 2.27 bits per heavy atom. The van der Waals surface area contributed by atoms with Gasteiger partial charge in [-0.1, -0.05) is 60.7 Å². The van der Waals surface area contributed by atoms with Gasteiger partial charge in [0.25, 0.3) is 0 Å². The molecule has 0 saturated carbocycles. The first-order valence-electron chi connectivity index (χ1n) is 6.98. The summed E-state index contributed by atoms with van der Waals surface area (Å²) in [5, 5.41) is 0. The zero-order chi connectivity index (χ0) is 14.5. The number of imidazole rings is 1. The van der Waals surface area contributed by atoms with Crippen molar-refractivity contribution in [1.82, 2.24) is 4.57 Å². The first-order valence-corrected chi connectivity index (χ1v) is 6.98. The average Bonchev–Trinajstić information content (AvgIpc) is 2.96. The number of hydrogen-bond donors (Lipinski definition) is 0. The fourth-order valence-corrected chi connectivity index (χ4v) is 2.30. The molecule has 0 N–H and O–H groups in total. The monoisotopic (exact) mass is 312 g/mol. The number of hydrogen-bond acceptors (Lipinski definition) is 1. The summed E-state index contributed by atoms with van der Waals surface area (Å²) in [6, 6.07) is 19.7. The Kier molecular flexibility index (Phi) is 5.50. The quantitative estimate of drug-likeness (QED) is 0.470. The highest BCUT2D eigenvalue weighted by Crippen LogP contribution is 2.02. The number of halogens is 1. The molecule has 1 aromatic heterocycles. The van der Waals surface area contributed by atoms with Crippen molar-refractivity contribution in [3.8, 4) is 0 Å². The van der Waals surface area contributed by atoms with Crippen molar-refractivity contribution >= 4 is 5.78 Å². The molecule has 4 heteroatoms. The van der Waals surface area contributed by atoms with Crippen molar-refractivity contribution in [3.05, 3.63) is 90.5 Å². The minimum atomic E-state index is 0. The van der Waals surface area contributed by atoms with E-state index in [1.54, 1.807) is 0 Å². The van der Waals surface area contributed by atoms with Crippen LogP contribution in [0.4, 0.5) is 0 Å². The molecular weight excluding hydrogens is 296 g/mol. The molecule has 22 heavy (non-hydrogen) atoms. The molecule has 0 radical (unpaired) electrons. The normalized spacial score (nSPS) is 10.0. The van der Waals surface area contributed by atoms with Gasteiger partial charge in [-0.2, -0.15) is 0 Å². The van der Waals surface area contributed by atoms with Crippen LogP contribution in [0.5, 0.6) is 0 Å². The van der Waals surface area contributed by atoms with Gasteiger partial charge in [-0.05, 0) is 5.56 Å². The van der Waals surface area contributed by atoms with Gasteiger partial charge in [0, 0.05) is 5.56 Å². The summed E-state index contributed by atoms with van der Waals surface area (Å²) in [4.78, 5) is 12.2. The van der Waals surface area contributed by atoms with E-state index in [-0.39, 0.29) is 18.2 Å². The molecule has 112 valence electrons. The number of carbonyl (C=O) groups is 1. The third-order valence-corrected chi connectivity index (χ3v) is 3.38. The predicted octanol–water partition coefficient (Wildman–Crippen LogP) is -0.289. The lowest BCUT2D eigenvalue weighted by Gasteiger charge is -1.98. The topological polar surface area (TPSA) is 25.9 Å². The van der Waals surface area contributed by atoms with E-state index in [0.717, 1.165) is 12.1 Å². The van der Waals surface area contributed by atoms with Crippen LogP contribution in [0.1, 0.15) is 15.9 Å². The van der Waals surface area contributed by atoms with Gasteiger partial charge in [0.05, 0.1) is 0 Å². The predicted molar refractivity (Wildman–Crippen MR) is 80.9 cm³/mol. The van der Waals surface area contributed by atoms with Crippen LogP contribution >= 0.6 is 0 Å². The number of aromatic nitrogens is 2. The lowest BCUT2D eigenvalue weighted by Crippen LogP contribution is -3.00. The molecule has 0 aliphatic heterocycles. The van der Waals surface area contributed by atoms with Crippen LogP contribution < -0.4 is 17.0 Å². The number of ketones is 1. The molecule has 2 aromatic carbocycles. The first-order chi connectivity index (χ1) is 10.3. The van der Waals surface area contributed by atoms with Crippen LogP contribution in [-0.4, -0.2) is 10.4 Å². The number of carbonyl (C=O) groups excluding carboxylic acids is 1. The second kappa shape index (κ2) is 7.57. The van der Waals surface area contributed by atoms with Crippen molar-refractivity contribution in [3.63, 3.8) is 0 Å². The molecule has 0 saturated heterocycles. The summed E-state index contributed by atoms with van der Waals surface area (Å²) in [5.74, 6) is 0.123. The van der Waals surface area contributed by atoms with Crippen LogP contribution in [0.15, 0.2) is 79.4 Å². The third kappa shape index (κ3) is 4.06. The standard InChI is InChI=1S/C18H17N2O.ClH/c21-18(17-9-5-2-6-10-17)14-20-12-11-19(15-20)13-16-7-3-1-4-8-16;/h1-12,15H,13-14H2;1H/q+1;/p-1. The average molecular weight is 313 g/mol. The molecule has 0 unspecified atom stereocenters. The van der Waals surface area contributed by atoms with Gasteiger partial charge >= 0.3 is 0 Å². The summed E-state index contributed by atoms with van der Waals surface area (Å²) < 4.78 is 3.99. The Morgan fingerprint density at radius 1 is 0.955 bits per heavy atom. The van der Waals surface area contributed by atoms with Crippen molar-refractivity contribution in [2.45, 2.75) is 13.1 Å². The molecule has 3 nitrogen and oxygen atoms in total. The molecule has 0 spiro atoms. The summed E-state index contributed by atoms with van der Waals surface area (Å²) in [7, 11) is 0. The maximum Gasteiger partial charge on any atom is 0.244 e. The molecular formula is C18H17ClN2O. The second-order valence-electron chi connectivity index (χ2n) is 5.03. The van der Waals surface area contributed by atoms with E-state index in [9.17, 15) is 4.79 Å². The van der Waals surface area contributed by atoms with E-state index in [0.29, 0.717) is 6.54 Å². The molecule has 3 aromatic rings. The lowest BCUT2D eigenvalue weighted by atomic mass is 10.1. The number of rotatable bonds is 5. The highest BCUT2D eigenvalue weighted by molar-refractivity contribution is 5.95. The molecule has 0 bridgehead atoms. The maximum atomic E-state index is 12.2. The van der Waals surface area contributed by atoms with E-state index in [1.165, 1.54) is 5.56 Å². The van der Waals surface area contributed by atoms with E-state index in [2.05, 4.69) is 16.7 Å². The number of Topliss-reactive ketones (excluding diaryl/α,β-unsaturated/α-hetero) is 1. The van der Waals surface area contributed by atoms with Crippen molar-refractivity contribution < 1.29 is 21.8 Å². The van der Waals surface area contributed by atoms with Crippen LogP contribution in [0.25, 0.3) is 0 Å². The SMILES string of the molecule is O=C(Cn1cc[n+](Cc2ccccc2)c1)c1ccccc1.[Cl-]. The molecule has 0 aliphatic carbocycles. The van der Waals surface area contributed by atoms with Crippen LogP contribution in [0.3, 0.4) is 0 Å². The zero-order valence-electron chi connectivity index (χ0n) is 12.1. The van der Waals surface area contributed by atoms with Crippen molar-refractivity contribution in [2.75, 3.05) is 0 Å². The Labute approximate surface area is 136 Å². The summed E-state index contributed by atoms with van der Waals surface area (Å²) in [6.07, 6.45) is 5.89. The largest absolute Gasteiger partial charge is 1.00 e. The Balaban J connectivity index is 0.00000176. The van der Waals surface area contributed by atoms with Gasteiger partial charge in [0.2, 0.25) is 12.1 Å². The molecule has 0 aliphatic rings. The smallest absolute Gasteiger partial charge is 0.244 e. The minimum Gasteiger partial charge on any atom is -1.00 e. The zero-order valence-corrected chi connectivity index (χ0v) is 12.9. The van der Waals surface area contributed by atoms with Crippen LogP contribution in [-0.2, 0) is 13.1 Å². The van der Waals surface area contributed by atoms with E-state index >= 15 is 0 Å². The van der Waals surface area contributed by atoms with E-state index < -0.39 is 0 Å². The van der Waals surface area contributed by atoms with Gasteiger partial charge in [0.1, 0.15) is 18.9 Å². The Hall–Kier alpha value is -2.39. The van der Waals surface area contributed by atoms with E-state index in [1.807, 2.05) is 71.8 Å². The summed E-state index contributed by atoms with van der Waals surface area (Å²) >= 11 is 0. The molecule has 1 heterocycles. The summed E-state index contributed by atoms with van der Waals surface area (Å²) in [5.41, 5.74) is 2.00. The first kappa shape index (κ1) is 16.0. The second-order valence-corrected chi connectivity index (χ2v) is 5.03. The minimum absolute atomic E-state index is 0. The number of benzene rings is 2. The van der Waals surface area contributed by atoms with Crippen LogP contribution in [0.2, 0.25) is 0 Å². The van der Waals surface area contributed by atoms with E-state index in [4.69, 9.17) is 0 Å². The lowest BCUT2D eigenvalue weighted by molar-refractivity contribution is -0.687. The Bertz CT molecular complexity index is 723. The van der Waals surface area contributed by atoms with Crippen molar-refractivity contribution in [2.24, 2.45) is 0 Å². The maximum absolute atomic E-state index is 12.2. The Morgan fingerprint density at radius 2 is 1.59 bits per heavy atom. The molecule has 0 amide bonds. The molecule has 3 rings (SSSR count). The fraction of sp³-hybridized carbons (Fsp3) is 0.111. The van der Waals surface area contributed by atoms with Crippen LogP contribution in [0, 0.1) is 0 Å². The highest BCUT2D eigenvalue weighted by Gasteiger charge is 2.11. The van der Waals surface area contributed by atoms with Gasteiger partial charge in [0.15, 0.2) is 6.54 Å². The highest BCUT2D eigenvalue weighted by atomic mass is 35.5. The fourth-order valence-electron chi connectivity index (χ4n) is 2.30. The van der Waals surface area contributed by atoms with Gasteiger partial charge in [-0.3, -0.25) is 4.79 Å². The number of nitrogens with zero attached hydrogens (tertiary/aromatic N) is 2. The van der Waals surface area contributed by atoms with Gasteiger partial charge < -0.3 is 12.4 Å². The van der Waals surface area contributed by atoms with Crippen molar-refractivity contribution in [1.29, 1.82) is 0 Å². The molecule has 0 atom stereocenters. The third-order valence-electron chi connectivity index (χ3n) is 3.38. The molecule has 0 fully saturated rings. The van der Waals surface area contributed by atoms with Gasteiger partial charge in [-0.15, -0.1) is 0 Å².